The predicted molar refractivity (Wildman–Crippen MR) is 86.2 cm³/mol. The molecule has 1 aliphatic heterocycles. The maximum Gasteiger partial charge on any atom is 0.171 e. The van der Waals surface area contributed by atoms with Gasteiger partial charge in [-0.15, -0.1) is 0 Å². The molecule has 7 atom stereocenters. The van der Waals surface area contributed by atoms with Crippen LogP contribution in [-0.2, 0) is 9.47 Å². The van der Waals surface area contributed by atoms with Crippen molar-refractivity contribution >= 4 is 0 Å². The van der Waals surface area contributed by atoms with Gasteiger partial charge < -0.3 is 9.47 Å². The van der Waals surface area contributed by atoms with Gasteiger partial charge in [0.05, 0.1) is 13.2 Å². The molecule has 1 heterocycles. The third-order valence-corrected chi connectivity index (χ3v) is 8.74. The minimum atomic E-state index is -0.181. The zero-order valence-corrected chi connectivity index (χ0v) is 14.5. The van der Waals surface area contributed by atoms with E-state index < -0.39 is 0 Å². The monoisotopic (exact) mass is 304 g/mol. The summed E-state index contributed by atoms with van der Waals surface area (Å²) in [5.41, 5.74) is 0.637. The van der Waals surface area contributed by atoms with Crippen molar-refractivity contribution in [2.45, 2.75) is 65.1 Å². The lowest BCUT2D eigenvalue weighted by Crippen LogP contribution is -2.47. The molecule has 4 bridgehead atoms. The van der Waals surface area contributed by atoms with E-state index in [1.165, 1.54) is 32.1 Å². The molecule has 0 aromatic rings. The minimum absolute atomic E-state index is 0.181. The SMILES string of the molecule is CC(C)[C@H]1CC[C@@]2(C)[C@@H]1[C@H]1[C@@H]3CCCC4(OCCO4)[C@H]1C[C@@H]32. The van der Waals surface area contributed by atoms with Crippen LogP contribution in [0.5, 0.6) is 0 Å². The number of fused-ring (bicyclic) bond motifs is 3. The maximum absolute atomic E-state index is 6.30. The number of rotatable bonds is 1. The molecule has 5 rings (SSSR count). The number of hydrogen-bond acceptors (Lipinski definition) is 2. The Morgan fingerprint density at radius 2 is 1.77 bits per heavy atom. The van der Waals surface area contributed by atoms with Crippen molar-refractivity contribution in [1.82, 2.24) is 0 Å². The fourth-order valence-electron chi connectivity index (χ4n) is 8.13. The van der Waals surface area contributed by atoms with Crippen LogP contribution in [0.1, 0.15) is 59.3 Å². The van der Waals surface area contributed by atoms with E-state index in [1.54, 1.807) is 0 Å². The molecule has 1 spiro atoms. The van der Waals surface area contributed by atoms with Gasteiger partial charge in [0.25, 0.3) is 0 Å². The van der Waals surface area contributed by atoms with Gasteiger partial charge in [-0.05, 0) is 73.0 Å². The van der Waals surface area contributed by atoms with Crippen molar-refractivity contribution in [1.29, 1.82) is 0 Å². The summed E-state index contributed by atoms with van der Waals surface area (Å²) in [5.74, 6) is 6.09. The first-order valence-electron chi connectivity index (χ1n) is 9.85. The van der Waals surface area contributed by atoms with Gasteiger partial charge >= 0.3 is 0 Å². The van der Waals surface area contributed by atoms with E-state index in [2.05, 4.69) is 20.8 Å². The summed E-state index contributed by atoms with van der Waals surface area (Å²) < 4.78 is 12.6. The summed E-state index contributed by atoms with van der Waals surface area (Å²) in [6.07, 6.45) is 8.28. The van der Waals surface area contributed by atoms with Crippen LogP contribution in [0.2, 0.25) is 0 Å². The Morgan fingerprint density at radius 1 is 1.00 bits per heavy atom. The zero-order chi connectivity index (χ0) is 15.1. The lowest BCUT2D eigenvalue weighted by atomic mass is 9.61. The number of hydrogen-bond donors (Lipinski definition) is 0. The number of ether oxygens (including phenoxy) is 2. The van der Waals surface area contributed by atoms with E-state index in [0.717, 1.165) is 55.1 Å². The van der Waals surface area contributed by atoms with Crippen molar-refractivity contribution < 1.29 is 9.47 Å². The van der Waals surface area contributed by atoms with Gasteiger partial charge in [-0.3, -0.25) is 0 Å². The van der Waals surface area contributed by atoms with Gasteiger partial charge in [0, 0.05) is 12.3 Å². The second-order valence-electron chi connectivity index (χ2n) is 9.57. The molecule has 0 aromatic carbocycles. The molecule has 22 heavy (non-hydrogen) atoms. The van der Waals surface area contributed by atoms with Crippen molar-refractivity contribution in [2.24, 2.45) is 46.8 Å². The molecular formula is C20H32O2. The van der Waals surface area contributed by atoms with Crippen LogP contribution in [0, 0.1) is 46.8 Å². The zero-order valence-electron chi connectivity index (χ0n) is 14.5. The Morgan fingerprint density at radius 3 is 2.50 bits per heavy atom. The highest BCUT2D eigenvalue weighted by Gasteiger charge is 2.72. The second kappa shape index (κ2) is 4.51. The van der Waals surface area contributed by atoms with Crippen molar-refractivity contribution in [3.63, 3.8) is 0 Å². The minimum Gasteiger partial charge on any atom is -0.347 e. The Kier molecular flexibility index (Phi) is 2.92. The summed E-state index contributed by atoms with van der Waals surface area (Å²) in [4.78, 5) is 0. The van der Waals surface area contributed by atoms with Crippen LogP contribution in [0.3, 0.4) is 0 Å². The molecule has 124 valence electrons. The molecule has 0 amide bonds. The summed E-state index contributed by atoms with van der Waals surface area (Å²) >= 11 is 0. The summed E-state index contributed by atoms with van der Waals surface area (Å²) in [5, 5.41) is 0. The van der Waals surface area contributed by atoms with Gasteiger partial charge in [-0.2, -0.15) is 0 Å². The van der Waals surface area contributed by atoms with Crippen LogP contribution in [0.25, 0.3) is 0 Å². The largest absolute Gasteiger partial charge is 0.347 e. The van der Waals surface area contributed by atoms with E-state index in [9.17, 15) is 0 Å². The highest BCUT2D eigenvalue weighted by Crippen LogP contribution is 2.75. The molecule has 2 nitrogen and oxygen atoms in total. The van der Waals surface area contributed by atoms with Crippen LogP contribution in [-0.4, -0.2) is 19.0 Å². The molecule has 0 radical (unpaired) electrons. The Labute approximate surface area is 135 Å². The van der Waals surface area contributed by atoms with E-state index in [-0.39, 0.29) is 5.79 Å². The Bertz CT molecular complexity index is 466. The fourth-order valence-corrected chi connectivity index (χ4v) is 8.13. The molecule has 4 aliphatic carbocycles. The lowest BCUT2D eigenvalue weighted by molar-refractivity contribution is -0.219. The average molecular weight is 304 g/mol. The first-order valence-corrected chi connectivity index (χ1v) is 9.85. The van der Waals surface area contributed by atoms with Crippen LogP contribution >= 0.6 is 0 Å². The second-order valence-corrected chi connectivity index (χ2v) is 9.57. The average Bonchev–Trinajstić information content (AvgIpc) is 3.15. The quantitative estimate of drug-likeness (QED) is 0.711. The van der Waals surface area contributed by atoms with Gasteiger partial charge in [-0.1, -0.05) is 20.8 Å². The van der Waals surface area contributed by atoms with E-state index in [4.69, 9.17) is 9.47 Å². The van der Waals surface area contributed by atoms with Crippen molar-refractivity contribution in [3.05, 3.63) is 0 Å². The molecule has 1 saturated heterocycles. The van der Waals surface area contributed by atoms with Crippen LogP contribution < -0.4 is 0 Å². The standard InChI is InChI=1S/C20H32O2/c1-12(2)13-6-8-19(3)15-11-16-17(18(13)19)14(15)5-4-7-20(16)21-9-10-22-20/h12-18H,4-11H2,1-3H3/t13-,14-,15+,16+,17+,18+,19-/m1/s1. The summed E-state index contributed by atoms with van der Waals surface area (Å²) in [6.45, 7) is 9.23. The normalized spacial score (nSPS) is 55.1. The predicted octanol–water partition coefficient (Wildman–Crippen LogP) is 4.48. The first kappa shape index (κ1) is 14.3. The molecule has 0 N–H and O–H groups in total. The lowest BCUT2D eigenvalue weighted by Gasteiger charge is -2.47. The van der Waals surface area contributed by atoms with E-state index in [0.29, 0.717) is 11.3 Å². The van der Waals surface area contributed by atoms with E-state index >= 15 is 0 Å². The topological polar surface area (TPSA) is 18.5 Å². The molecule has 0 unspecified atom stereocenters. The van der Waals surface area contributed by atoms with Gasteiger partial charge in [0.2, 0.25) is 0 Å². The Balaban J connectivity index is 1.57. The highest BCUT2D eigenvalue weighted by molar-refractivity contribution is 5.18. The molecule has 4 saturated carbocycles. The summed E-state index contributed by atoms with van der Waals surface area (Å²) in [7, 11) is 0. The molecular weight excluding hydrogens is 272 g/mol. The third-order valence-electron chi connectivity index (χ3n) is 8.74. The third kappa shape index (κ3) is 1.55. The maximum atomic E-state index is 6.30. The van der Waals surface area contributed by atoms with Crippen LogP contribution in [0.4, 0.5) is 0 Å². The smallest absolute Gasteiger partial charge is 0.171 e. The molecule has 5 fully saturated rings. The fraction of sp³-hybridized carbons (Fsp3) is 1.00. The van der Waals surface area contributed by atoms with Crippen LogP contribution in [0.15, 0.2) is 0 Å². The van der Waals surface area contributed by atoms with Gasteiger partial charge in [-0.25, -0.2) is 0 Å². The highest BCUT2D eigenvalue weighted by atomic mass is 16.7. The molecule has 2 heteroatoms. The van der Waals surface area contributed by atoms with E-state index in [1.807, 2.05) is 0 Å². The molecule has 5 aliphatic rings. The Hall–Kier alpha value is -0.0800. The first-order chi connectivity index (χ1) is 10.6. The van der Waals surface area contributed by atoms with Crippen molar-refractivity contribution in [2.75, 3.05) is 13.2 Å². The molecule has 0 aromatic heterocycles. The van der Waals surface area contributed by atoms with Gasteiger partial charge in [0.1, 0.15) is 0 Å². The van der Waals surface area contributed by atoms with Gasteiger partial charge in [0.15, 0.2) is 5.79 Å². The van der Waals surface area contributed by atoms with Crippen molar-refractivity contribution in [3.8, 4) is 0 Å². The summed E-state index contributed by atoms with van der Waals surface area (Å²) in [6, 6.07) is 0.